The van der Waals surface area contributed by atoms with Gasteiger partial charge >= 0.3 is 5.97 Å². The lowest BCUT2D eigenvalue weighted by molar-refractivity contribution is 0.0518. The Labute approximate surface area is 117 Å². The standard InChI is InChI=1S/C15H18N2O3/c1-4-6-12-14(15(18)20-5-2)17-13-9-10(19-3)7-8-11(13)16-12/h7-9H,4-6H2,1-3H3. The SMILES string of the molecule is CCCc1nc2ccc(OC)cc2nc1C(=O)OCC. The predicted octanol–water partition coefficient (Wildman–Crippen LogP) is 2.77. The van der Waals surface area contributed by atoms with Crippen molar-refractivity contribution in [2.24, 2.45) is 0 Å². The minimum absolute atomic E-state index is 0.300. The van der Waals surface area contributed by atoms with Gasteiger partial charge in [0.1, 0.15) is 5.75 Å². The van der Waals surface area contributed by atoms with E-state index in [1.54, 1.807) is 20.1 Å². The number of benzene rings is 1. The van der Waals surface area contributed by atoms with E-state index in [1.807, 2.05) is 19.1 Å². The Morgan fingerprint density at radius 2 is 2.00 bits per heavy atom. The molecule has 0 atom stereocenters. The van der Waals surface area contributed by atoms with E-state index in [2.05, 4.69) is 9.97 Å². The molecule has 0 fully saturated rings. The van der Waals surface area contributed by atoms with Crippen LogP contribution in [0.1, 0.15) is 36.5 Å². The molecule has 0 bridgehead atoms. The van der Waals surface area contributed by atoms with E-state index in [9.17, 15) is 4.79 Å². The van der Waals surface area contributed by atoms with Crippen LogP contribution in [0.4, 0.5) is 0 Å². The van der Waals surface area contributed by atoms with Crippen molar-refractivity contribution in [3.8, 4) is 5.75 Å². The number of nitrogens with zero attached hydrogens (tertiary/aromatic N) is 2. The summed E-state index contributed by atoms with van der Waals surface area (Å²) in [5.41, 5.74) is 2.37. The molecule has 0 aliphatic carbocycles. The van der Waals surface area contributed by atoms with Crippen molar-refractivity contribution in [3.63, 3.8) is 0 Å². The topological polar surface area (TPSA) is 61.3 Å². The van der Waals surface area contributed by atoms with Gasteiger partial charge in [-0.3, -0.25) is 0 Å². The first kappa shape index (κ1) is 14.2. The molecular weight excluding hydrogens is 256 g/mol. The van der Waals surface area contributed by atoms with Gasteiger partial charge in [-0.25, -0.2) is 14.8 Å². The van der Waals surface area contributed by atoms with Crippen LogP contribution in [0.5, 0.6) is 5.75 Å². The molecule has 0 N–H and O–H groups in total. The van der Waals surface area contributed by atoms with E-state index in [-0.39, 0.29) is 0 Å². The molecule has 0 spiro atoms. The zero-order valence-corrected chi connectivity index (χ0v) is 12.0. The highest BCUT2D eigenvalue weighted by molar-refractivity contribution is 5.91. The fourth-order valence-electron chi connectivity index (χ4n) is 1.97. The van der Waals surface area contributed by atoms with Crippen LogP contribution < -0.4 is 4.74 Å². The summed E-state index contributed by atoms with van der Waals surface area (Å²) < 4.78 is 10.2. The molecule has 2 rings (SSSR count). The third-order valence-corrected chi connectivity index (χ3v) is 2.90. The molecule has 20 heavy (non-hydrogen) atoms. The second-order valence-corrected chi connectivity index (χ2v) is 4.34. The van der Waals surface area contributed by atoms with E-state index in [4.69, 9.17) is 9.47 Å². The van der Waals surface area contributed by atoms with Gasteiger partial charge in [0.15, 0.2) is 5.69 Å². The van der Waals surface area contributed by atoms with Crippen LogP contribution in [-0.4, -0.2) is 29.7 Å². The van der Waals surface area contributed by atoms with Crippen molar-refractivity contribution in [3.05, 3.63) is 29.6 Å². The van der Waals surface area contributed by atoms with Gasteiger partial charge in [-0.2, -0.15) is 0 Å². The van der Waals surface area contributed by atoms with Gasteiger partial charge < -0.3 is 9.47 Å². The van der Waals surface area contributed by atoms with Crippen molar-refractivity contribution in [1.29, 1.82) is 0 Å². The number of aromatic nitrogens is 2. The van der Waals surface area contributed by atoms with Gasteiger partial charge in [0.2, 0.25) is 0 Å². The molecule has 5 heteroatoms. The molecule has 1 aromatic heterocycles. The van der Waals surface area contributed by atoms with Crippen molar-refractivity contribution < 1.29 is 14.3 Å². The summed E-state index contributed by atoms with van der Waals surface area (Å²) in [6.07, 6.45) is 1.59. The Balaban J connectivity index is 2.56. The van der Waals surface area contributed by atoms with E-state index in [0.717, 1.165) is 11.9 Å². The second kappa shape index (κ2) is 6.32. The summed E-state index contributed by atoms with van der Waals surface area (Å²) in [5, 5.41) is 0. The zero-order valence-electron chi connectivity index (χ0n) is 12.0. The van der Waals surface area contributed by atoms with E-state index >= 15 is 0 Å². The summed E-state index contributed by atoms with van der Waals surface area (Å²) in [7, 11) is 1.59. The number of hydrogen-bond acceptors (Lipinski definition) is 5. The Bertz CT molecular complexity index is 626. The molecule has 0 aliphatic rings. The lowest BCUT2D eigenvalue weighted by Gasteiger charge is -2.09. The van der Waals surface area contributed by atoms with Gasteiger partial charge in [0.25, 0.3) is 0 Å². The predicted molar refractivity (Wildman–Crippen MR) is 76.0 cm³/mol. The molecule has 0 amide bonds. The number of carbonyl (C=O) groups excluding carboxylic acids is 1. The number of ether oxygens (including phenoxy) is 2. The van der Waals surface area contributed by atoms with E-state index in [0.29, 0.717) is 35.7 Å². The molecule has 5 nitrogen and oxygen atoms in total. The molecule has 0 unspecified atom stereocenters. The normalized spacial score (nSPS) is 10.6. The molecular formula is C15H18N2O3. The Kier molecular flexibility index (Phi) is 4.50. The average Bonchev–Trinajstić information content (AvgIpc) is 2.46. The molecule has 2 aromatic rings. The Hall–Kier alpha value is -2.17. The molecule has 106 valence electrons. The number of aryl methyl sites for hydroxylation is 1. The average molecular weight is 274 g/mol. The number of hydrogen-bond donors (Lipinski definition) is 0. The Morgan fingerprint density at radius 3 is 2.65 bits per heavy atom. The fraction of sp³-hybridized carbons (Fsp3) is 0.400. The highest BCUT2D eigenvalue weighted by Gasteiger charge is 2.17. The van der Waals surface area contributed by atoms with Crippen molar-refractivity contribution in [1.82, 2.24) is 9.97 Å². The van der Waals surface area contributed by atoms with Crippen LogP contribution in [-0.2, 0) is 11.2 Å². The van der Waals surface area contributed by atoms with E-state index in [1.165, 1.54) is 0 Å². The maximum Gasteiger partial charge on any atom is 0.358 e. The highest BCUT2D eigenvalue weighted by Crippen LogP contribution is 2.20. The van der Waals surface area contributed by atoms with Crippen LogP contribution in [0.3, 0.4) is 0 Å². The second-order valence-electron chi connectivity index (χ2n) is 4.34. The molecule has 0 radical (unpaired) electrons. The van der Waals surface area contributed by atoms with Crippen LogP contribution in [0.2, 0.25) is 0 Å². The first-order valence-corrected chi connectivity index (χ1v) is 6.71. The van der Waals surface area contributed by atoms with Crippen LogP contribution in [0.15, 0.2) is 18.2 Å². The monoisotopic (exact) mass is 274 g/mol. The van der Waals surface area contributed by atoms with Crippen molar-refractivity contribution in [2.45, 2.75) is 26.7 Å². The highest BCUT2D eigenvalue weighted by atomic mass is 16.5. The van der Waals surface area contributed by atoms with Crippen LogP contribution >= 0.6 is 0 Å². The quantitative estimate of drug-likeness (QED) is 0.784. The number of carbonyl (C=O) groups is 1. The summed E-state index contributed by atoms with van der Waals surface area (Å²) in [6.45, 7) is 4.13. The van der Waals surface area contributed by atoms with Gasteiger partial charge in [0, 0.05) is 6.07 Å². The third-order valence-electron chi connectivity index (χ3n) is 2.90. The first-order chi connectivity index (χ1) is 9.69. The summed E-state index contributed by atoms with van der Waals surface area (Å²) in [6, 6.07) is 5.44. The van der Waals surface area contributed by atoms with Crippen molar-refractivity contribution in [2.75, 3.05) is 13.7 Å². The van der Waals surface area contributed by atoms with Gasteiger partial charge in [-0.05, 0) is 25.5 Å². The fourth-order valence-corrected chi connectivity index (χ4v) is 1.97. The van der Waals surface area contributed by atoms with Gasteiger partial charge in [0.05, 0.1) is 30.4 Å². The maximum atomic E-state index is 12.0. The summed E-state index contributed by atoms with van der Waals surface area (Å²) >= 11 is 0. The Morgan fingerprint density at radius 1 is 1.20 bits per heavy atom. The summed E-state index contributed by atoms with van der Waals surface area (Å²) in [5.74, 6) is 0.262. The van der Waals surface area contributed by atoms with Crippen LogP contribution in [0, 0.1) is 0 Å². The number of esters is 1. The zero-order chi connectivity index (χ0) is 14.5. The lowest BCUT2D eigenvalue weighted by atomic mass is 10.1. The molecule has 0 aliphatic heterocycles. The van der Waals surface area contributed by atoms with Crippen molar-refractivity contribution >= 4 is 17.0 Å². The number of rotatable bonds is 5. The molecule has 0 saturated carbocycles. The largest absolute Gasteiger partial charge is 0.497 e. The minimum atomic E-state index is -0.423. The molecule has 0 saturated heterocycles. The van der Waals surface area contributed by atoms with Gasteiger partial charge in [-0.15, -0.1) is 0 Å². The summed E-state index contributed by atoms with van der Waals surface area (Å²) in [4.78, 5) is 20.9. The third kappa shape index (κ3) is 2.87. The first-order valence-electron chi connectivity index (χ1n) is 6.71. The minimum Gasteiger partial charge on any atom is -0.497 e. The number of fused-ring (bicyclic) bond motifs is 1. The molecule has 1 heterocycles. The molecule has 1 aromatic carbocycles. The smallest absolute Gasteiger partial charge is 0.358 e. The number of methoxy groups -OCH3 is 1. The maximum absolute atomic E-state index is 12.0. The lowest BCUT2D eigenvalue weighted by Crippen LogP contribution is -2.12. The van der Waals surface area contributed by atoms with E-state index < -0.39 is 5.97 Å². The van der Waals surface area contributed by atoms with Gasteiger partial charge in [-0.1, -0.05) is 13.3 Å². The van der Waals surface area contributed by atoms with Crippen LogP contribution in [0.25, 0.3) is 11.0 Å².